The van der Waals surface area contributed by atoms with E-state index in [1.54, 1.807) is 12.1 Å². The highest BCUT2D eigenvalue weighted by Crippen LogP contribution is 2.42. The molecule has 0 aromatic heterocycles. The first-order valence-electron chi connectivity index (χ1n) is 10.5. The Labute approximate surface area is 172 Å². The Morgan fingerprint density at radius 1 is 1.18 bits per heavy atom. The van der Waals surface area contributed by atoms with Gasteiger partial charge in [-0.15, -0.1) is 0 Å². The van der Waals surface area contributed by atoms with E-state index < -0.39 is 6.04 Å². The van der Waals surface area contributed by atoms with E-state index in [0.29, 0.717) is 17.0 Å². The van der Waals surface area contributed by atoms with Crippen molar-refractivity contribution in [2.75, 3.05) is 4.90 Å². The molecule has 0 radical (unpaired) electrons. The maximum absolute atomic E-state index is 13.1. The van der Waals surface area contributed by atoms with Gasteiger partial charge in [0.25, 0.3) is 0 Å². The summed E-state index contributed by atoms with van der Waals surface area (Å²) in [6.45, 7) is 2.10. The van der Waals surface area contributed by atoms with E-state index in [2.05, 4.69) is 6.92 Å². The van der Waals surface area contributed by atoms with Crippen LogP contribution in [0.25, 0.3) is 0 Å². The fraction of sp³-hybridized carbons (Fsp3) is 0.565. The van der Waals surface area contributed by atoms with Crippen molar-refractivity contribution in [1.29, 1.82) is 0 Å². The molecule has 2 unspecified atom stereocenters. The summed E-state index contributed by atoms with van der Waals surface area (Å²) in [5.41, 5.74) is 1.29. The van der Waals surface area contributed by atoms with Crippen molar-refractivity contribution in [3.63, 3.8) is 0 Å². The molecule has 2 atom stereocenters. The van der Waals surface area contributed by atoms with Crippen LogP contribution in [0.1, 0.15) is 64.7 Å². The molecule has 3 rings (SSSR count). The predicted octanol–water partition coefficient (Wildman–Crippen LogP) is 5.64. The lowest BCUT2D eigenvalue weighted by molar-refractivity contribution is -0.116. The number of halogens is 1. The number of aliphatic hydroxyl groups excluding tert-OH is 1. The molecule has 2 aliphatic rings. The van der Waals surface area contributed by atoms with Gasteiger partial charge < -0.3 is 14.8 Å². The fourth-order valence-corrected chi connectivity index (χ4v) is 4.84. The molecule has 1 N–H and O–H groups in total. The molecule has 152 valence electrons. The van der Waals surface area contributed by atoms with Crippen LogP contribution in [0.4, 0.5) is 5.69 Å². The lowest BCUT2D eigenvalue weighted by atomic mass is 9.79. The number of ketones is 1. The van der Waals surface area contributed by atoms with Gasteiger partial charge in [-0.2, -0.15) is 0 Å². The summed E-state index contributed by atoms with van der Waals surface area (Å²) in [4.78, 5) is 27.0. The van der Waals surface area contributed by atoms with Crippen molar-refractivity contribution in [2.24, 2.45) is 5.92 Å². The van der Waals surface area contributed by atoms with Crippen molar-refractivity contribution >= 4 is 29.4 Å². The highest BCUT2D eigenvalue weighted by molar-refractivity contribution is 6.30. The zero-order valence-corrected chi connectivity index (χ0v) is 17.3. The quantitative estimate of drug-likeness (QED) is 0.451. The van der Waals surface area contributed by atoms with E-state index in [4.69, 9.17) is 11.6 Å². The van der Waals surface area contributed by atoms with Gasteiger partial charge in [0.2, 0.25) is 0 Å². The third-order valence-corrected chi connectivity index (χ3v) is 6.36. The number of aliphatic hydroxyl groups is 1. The van der Waals surface area contributed by atoms with Gasteiger partial charge in [-0.25, -0.2) is 0 Å². The summed E-state index contributed by atoms with van der Waals surface area (Å²) >= 11 is 6.05. The summed E-state index contributed by atoms with van der Waals surface area (Å²) in [5.74, 6) is 0.202. The number of aldehydes is 1. The molecule has 28 heavy (non-hydrogen) atoms. The molecule has 1 aromatic rings. The summed E-state index contributed by atoms with van der Waals surface area (Å²) in [5, 5.41) is 11.5. The predicted molar refractivity (Wildman–Crippen MR) is 113 cm³/mol. The highest BCUT2D eigenvalue weighted by Gasteiger charge is 2.46. The van der Waals surface area contributed by atoms with E-state index in [0.717, 1.165) is 56.9 Å². The zero-order chi connectivity index (χ0) is 20.1. The molecular weight excluding hydrogens is 374 g/mol. The molecule has 4 nitrogen and oxygen atoms in total. The smallest absolute Gasteiger partial charge is 0.164 e. The van der Waals surface area contributed by atoms with Crippen LogP contribution in [-0.4, -0.2) is 29.3 Å². The summed E-state index contributed by atoms with van der Waals surface area (Å²) < 4.78 is 0. The van der Waals surface area contributed by atoms with E-state index in [1.165, 1.54) is 6.42 Å². The first-order chi connectivity index (χ1) is 13.6. The topological polar surface area (TPSA) is 57.6 Å². The third-order valence-electron chi connectivity index (χ3n) is 6.11. The molecule has 0 amide bonds. The Morgan fingerprint density at radius 2 is 1.86 bits per heavy atom. The molecular formula is C23H30ClNO3. The molecule has 1 saturated carbocycles. The van der Waals surface area contributed by atoms with Gasteiger partial charge in [0, 0.05) is 17.1 Å². The molecule has 1 aliphatic heterocycles. The molecule has 1 aliphatic carbocycles. The maximum Gasteiger partial charge on any atom is 0.164 e. The van der Waals surface area contributed by atoms with Crippen molar-refractivity contribution < 1.29 is 14.7 Å². The number of carbonyl (C=O) groups is 2. The second-order valence-electron chi connectivity index (χ2n) is 7.99. The number of unbranched alkanes of at least 4 members (excludes halogenated alkanes) is 2. The monoisotopic (exact) mass is 403 g/mol. The van der Waals surface area contributed by atoms with Crippen molar-refractivity contribution in [3.05, 3.63) is 40.6 Å². The summed E-state index contributed by atoms with van der Waals surface area (Å²) in [7, 11) is 0. The minimum Gasteiger partial charge on any atom is -0.509 e. The molecule has 0 spiro atoms. The lowest BCUT2D eigenvalue weighted by Gasteiger charge is -2.38. The third kappa shape index (κ3) is 4.27. The number of carbonyl (C=O) groups excluding carboxylic acids is 2. The van der Waals surface area contributed by atoms with Crippen LogP contribution < -0.4 is 4.90 Å². The van der Waals surface area contributed by atoms with Gasteiger partial charge in [-0.1, -0.05) is 50.6 Å². The average molecular weight is 404 g/mol. The Hall–Kier alpha value is -1.81. The van der Waals surface area contributed by atoms with Gasteiger partial charge in [0.1, 0.15) is 18.1 Å². The number of hydrogen-bond donors (Lipinski definition) is 1. The first-order valence-corrected chi connectivity index (χ1v) is 10.9. The summed E-state index contributed by atoms with van der Waals surface area (Å²) in [6, 6.07) is 6.26. The van der Waals surface area contributed by atoms with Crippen LogP contribution in [-0.2, 0) is 9.59 Å². The Kier molecular flexibility index (Phi) is 7.17. The number of anilines is 1. The largest absolute Gasteiger partial charge is 0.509 e. The Morgan fingerprint density at radius 3 is 2.46 bits per heavy atom. The van der Waals surface area contributed by atoms with Crippen molar-refractivity contribution in [1.82, 2.24) is 0 Å². The second kappa shape index (κ2) is 9.60. The first kappa shape index (κ1) is 20.9. The van der Waals surface area contributed by atoms with Crippen LogP contribution in [0.3, 0.4) is 0 Å². The number of nitrogens with zero attached hydrogens (tertiary/aromatic N) is 1. The zero-order valence-electron chi connectivity index (χ0n) is 16.6. The van der Waals surface area contributed by atoms with Gasteiger partial charge in [-0.3, -0.25) is 4.79 Å². The fourth-order valence-electron chi connectivity index (χ4n) is 4.71. The van der Waals surface area contributed by atoms with Gasteiger partial charge in [-0.05, 0) is 49.4 Å². The van der Waals surface area contributed by atoms with Gasteiger partial charge >= 0.3 is 0 Å². The van der Waals surface area contributed by atoms with Crippen LogP contribution >= 0.6 is 11.6 Å². The molecule has 0 bridgehead atoms. The van der Waals surface area contributed by atoms with Crippen molar-refractivity contribution in [2.45, 2.75) is 76.8 Å². The van der Waals surface area contributed by atoms with E-state index in [1.807, 2.05) is 17.0 Å². The molecule has 1 fully saturated rings. The van der Waals surface area contributed by atoms with Crippen LogP contribution in [0.2, 0.25) is 5.02 Å². The Bertz CT molecular complexity index is 722. The number of benzene rings is 1. The minimum atomic E-state index is -0.807. The van der Waals surface area contributed by atoms with Crippen LogP contribution in [0.15, 0.2) is 35.6 Å². The maximum atomic E-state index is 13.1. The Balaban J connectivity index is 1.99. The normalized spacial score (nSPS) is 23.3. The number of Topliss-reactive ketones (excluding diaryl/α,β-unsaturated/α-hetero) is 1. The standard InChI is InChI=1S/C23H30ClNO3/c1-2-3-5-10-20(27)21-22(16-8-6-4-7-9-16)25(19(15-26)23(21)28)18-13-11-17(24)12-14-18/h11-16,19,22,28H,2-10H2,1H3. The SMILES string of the molecule is CCCCCC(=O)C1=C(O)C(C=O)N(c2ccc(Cl)cc2)C1C1CCCCC1. The molecule has 1 aromatic carbocycles. The minimum absolute atomic E-state index is 0.00941. The van der Waals surface area contributed by atoms with E-state index >= 15 is 0 Å². The van der Waals surface area contributed by atoms with Gasteiger partial charge in [0.05, 0.1) is 11.6 Å². The molecule has 5 heteroatoms. The van der Waals surface area contributed by atoms with E-state index in [9.17, 15) is 14.7 Å². The molecule has 0 saturated heterocycles. The highest BCUT2D eigenvalue weighted by atomic mass is 35.5. The average Bonchev–Trinajstić information content (AvgIpc) is 3.01. The van der Waals surface area contributed by atoms with Gasteiger partial charge in [0.15, 0.2) is 5.78 Å². The number of rotatable bonds is 8. The van der Waals surface area contributed by atoms with Crippen LogP contribution in [0.5, 0.6) is 0 Å². The summed E-state index contributed by atoms with van der Waals surface area (Å²) in [6.07, 6.45) is 9.51. The lowest BCUT2D eigenvalue weighted by Crippen LogP contribution is -2.45. The van der Waals surface area contributed by atoms with E-state index in [-0.39, 0.29) is 23.5 Å². The van der Waals surface area contributed by atoms with Crippen LogP contribution in [0, 0.1) is 5.92 Å². The van der Waals surface area contributed by atoms with Crippen molar-refractivity contribution in [3.8, 4) is 0 Å². The molecule has 1 heterocycles. The number of hydrogen-bond acceptors (Lipinski definition) is 4. The second-order valence-corrected chi connectivity index (χ2v) is 8.42.